The molecule has 0 spiro atoms. The van der Waals surface area contributed by atoms with Crippen LogP contribution >= 0.6 is 0 Å². The molecule has 0 saturated carbocycles. The molecule has 0 atom stereocenters. The van der Waals surface area contributed by atoms with Gasteiger partial charge >= 0.3 is 0 Å². The number of furan rings is 1. The highest BCUT2D eigenvalue weighted by atomic mass is 16.3. The molecule has 1 aromatic heterocycles. The third-order valence-corrected chi connectivity index (χ3v) is 4.78. The molecule has 1 fully saturated rings. The van der Waals surface area contributed by atoms with Gasteiger partial charge in [-0.25, -0.2) is 0 Å². The van der Waals surface area contributed by atoms with Crippen molar-refractivity contribution >= 4 is 11.0 Å². The smallest absolute Gasteiger partial charge is 0.134 e. The van der Waals surface area contributed by atoms with Crippen LogP contribution in [0.4, 0.5) is 0 Å². The third kappa shape index (κ3) is 3.14. The van der Waals surface area contributed by atoms with E-state index < -0.39 is 0 Å². The van der Waals surface area contributed by atoms with Crippen molar-refractivity contribution in [1.82, 2.24) is 4.90 Å². The van der Waals surface area contributed by atoms with Crippen molar-refractivity contribution in [3.63, 3.8) is 0 Å². The molecule has 0 radical (unpaired) electrons. The molecule has 0 bridgehead atoms. The fraction of sp³-hybridized carbons (Fsp3) is 0.556. The molecule has 2 heterocycles. The maximum atomic E-state index is 5.91. The third-order valence-electron chi connectivity index (χ3n) is 4.78. The van der Waals surface area contributed by atoms with Gasteiger partial charge in [-0.2, -0.15) is 0 Å². The SMILES string of the molecule is CC1(C)CCCN(Cc2c(CN)oc3ccccc23)CC1. The largest absolute Gasteiger partial charge is 0.459 e. The van der Waals surface area contributed by atoms with E-state index in [0.717, 1.165) is 24.4 Å². The number of hydrogen-bond donors (Lipinski definition) is 1. The lowest BCUT2D eigenvalue weighted by Crippen LogP contribution is -2.25. The monoisotopic (exact) mass is 286 g/mol. The normalized spacial score (nSPS) is 19.8. The van der Waals surface area contributed by atoms with Gasteiger partial charge in [-0.05, 0) is 43.8 Å². The Morgan fingerprint density at radius 2 is 2.00 bits per heavy atom. The van der Waals surface area contributed by atoms with Crippen molar-refractivity contribution in [3.05, 3.63) is 35.6 Å². The molecule has 114 valence electrons. The van der Waals surface area contributed by atoms with E-state index >= 15 is 0 Å². The number of para-hydroxylation sites is 1. The van der Waals surface area contributed by atoms with E-state index in [2.05, 4.69) is 30.9 Å². The first-order valence-corrected chi connectivity index (χ1v) is 8.01. The predicted octanol–water partition coefficient (Wildman–Crippen LogP) is 3.90. The van der Waals surface area contributed by atoms with E-state index in [0.29, 0.717) is 12.0 Å². The Bertz CT molecular complexity index is 615. The van der Waals surface area contributed by atoms with Crippen LogP contribution in [0.2, 0.25) is 0 Å². The molecule has 3 nitrogen and oxygen atoms in total. The molecule has 0 aliphatic carbocycles. The summed E-state index contributed by atoms with van der Waals surface area (Å²) >= 11 is 0. The second kappa shape index (κ2) is 5.82. The Labute approximate surface area is 127 Å². The quantitative estimate of drug-likeness (QED) is 0.930. The number of hydrogen-bond acceptors (Lipinski definition) is 3. The fourth-order valence-corrected chi connectivity index (χ4v) is 3.35. The summed E-state index contributed by atoms with van der Waals surface area (Å²) in [5, 5.41) is 1.22. The molecular formula is C18H26N2O. The van der Waals surface area contributed by atoms with Gasteiger partial charge in [0.05, 0.1) is 6.54 Å². The minimum absolute atomic E-state index is 0.476. The van der Waals surface area contributed by atoms with Gasteiger partial charge in [0.1, 0.15) is 11.3 Å². The van der Waals surface area contributed by atoms with Gasteiger partial charge in [-0.1, -0.05) is 32.0 Å². The topological polar surface area (TPSA) is 42.4 Å². The molecule has 2 aromatic rings. The molecule has 0 amide bonds. The Kier molecular flexibility index (Phi) is 4.05. The first-order valence-electron chi connectivity index (χ1n) is 8.01. The number of fused-ring (bicyclic) bond motifs is 1. The van der Waals surface area contributed by atoms with Gasteiger partial charge in [0.2, 0.25) is 0 Å². The Hall–Kier alpha value is -1.32. The van der Waals surface area contributed by atoms with E-state index in [1.54, 1.807) is 0 Å². The standard InChI is InChI=1S/C18H26N2O/c1-18(2)8-5-10-20(11-9-18)13-15-14-6-3-4-7-16(14)21-17(15)12-19/h3-4,6-7H,5,8-13,19H2,1-2H3. The van der Waals surface area contributed by atoms with Gasteiger partial charge in [0.15, 0.2) is 0 Å². The van der Waals surface area contributed by atoms with Crippen LogP contribution in [0.3, 0.4) is 0 Å². The summed E-state index contributed by atoms with van der Waals surface area (Å²) in [6, 6.07) is 8.27. The number of nitrogens with two attached hydrogens (primary N) is 1. The number of benzene rings is 1. The molecule has 3 heteroatoms. The molecule has 0 unspecified atom stereocenters. The lowest BCUT2D eigenvalue weighted by molar-refractivity contribution is 0.255. The van der Waals surface area contributed by atoms with Crippen LogP contribution in [0, 0.1) is 5.41 Å². The van der Waals surface area contributed by atoms with Crippen molar-refractivity contribution in [3.8, 4) is 0 Å². The second-order valence-electron chi connectivity index (χ2n) is 7.00. The maximum Gasteiger partial charge on any atom is 0.134 e. The Balaban J connectivity index is 1.84. The average Bonchev–Trinajstić information content (AvgIpc) is 2.72. The molecular weight excluding hydrogens is 260 g/mol. The first-order chi connectivity index (χ1) is 10.1. The number of nitrogens with zero attached hydrogens (tertiary/aromatic N) is 1. The van der Waals surface area contributed by atoms with E-state index in [1.165, 1.54) is 36.8 Å². The number of likely N-dealkylation sites (tertiary alicyclic amines) is 1. The highest BCUT2D eigenvalue weighted by Crippen LogP contribution is 2.32. The summed E-state index contributed by atoms with van der Waals surface area (Å²) in [7, 11) is 0. The highest BCUT2D eigenvalue weighted by Gasteiger charge is 2.24. The van der Waals surface area contributed by atoms with E-state index in [4.69, 9.17) is 10.2 Å². The number of rotatable bonds is 3. The van der Waals surface area contributed by atoms with Crippen molar-refractivity contribution in [2.45, 2.75) is 46.2 Å². The lowest BCUT2D eigenvalue weighted by atomic mass is 9.85. The first kappa shape index (κ1) is 14.6. The van der Waals surface area contributed by atoms with Gasteiger partial charge in [-0.15, -0.1) is 0 Å². The molecule has 1 aliphatic rings. The van der Waals surface area contributed by atoms with E-state index in [-0.39, 0.29) is 0 Å². The molecule has 2 N–H and O–H groups in total. The van der Waals surface area contributed by atoms with Crippen molar-refractivity contribution in [1.29, 1.82) is 0 Å². The summed E-state index contributed by atoms with van der Waals surface area (Å²) in [4.78, 5) is 2.56. The molecule has 1 saturated heterocycles. The highest BCUT2D eigenvalue weighted by molar-refractivity contribution is 5.82. The summed E-state index contributed by atoms with van der Waals surface area (Å²) in [6.45, 7) is 8.54. The zero-order valence-electron chi connectivity index (χ0n) is 13.2. The van der Waals surface area contributed by atoms with Crippen LogP contribution in [0.15, 0.2) is 28.7 Å². The molecule has 1 aliphatic heterocycles. The Morgan fingerprint density at radius 1 is 1.19 bits per heavy atom. The summed E-state index contributed by atoms with van der Waals surface area (Å²) in [5.74, 6) is 0.944. The van der Waals surface area contributed by atoms with Gasteiger partial charge in [0, 0.05) is 17.5 Å². The molecule has 21 heavy (non-hydrogen) atoms. The summed E-state index contributed by atoms with van der Waals surface area (Å²) in [6.07, 6.45) is 3.86. The second-order valence-corrected chi connectivity index (χ2v) is 7.00. The molecule has 3 rings (SSSR count). The maximum absolute atomic E-state index is 5.91. The van der Waals surface area contributed by atoms with Crippen LogP contribution in [0.25, 0.3) is 11.0 Å². The summed E-state index contributed by atoms with van der Waals surface area (Å²) < 4.78 is 5.91. The van der Waals surface area contributed by atoms with Crippen LogP contribution in [-0.4, -0.2) is 18.0 Å². The fourth-order valence-electron chi connectivity index (χ4n) is 3.35. The van der Waals surface area contributed by atoms with Gasteiger partial charge in [0.25, 0.3) is 0 Å². The summed E-state index contributed by atoms with van der Waals surface area (Å²) in [5.41, 5.74) is 8.60. The van der Waals surface area contributed by atoms with Crippen LogP contribution < -0.4 is 5.73 Å². The van der Waals surface area contributed by atoms with E-state index in [1.807, 2.05) is 12.1 Å². The minimum Gasteiger partial charge on any atom is -0.459 e. The lowest BCUT2D eigenvalue weighted by Gasteiger charge is -2.23. The van der Waals surface area contributed by atoms with Crippen LogP contribution in [-0.2, 0) is 13.1 Å². The molecule has 1 aromatic carbocycles. The average molecular weight is 286 g/mol. The Morgan fingerprint density at radius 3 is 2.81 bits per heavy atom. The predicted molar refractivity (Wildman–Crippen MR) is 87.0 cm³/mol. The zero-order valence-corrected chi connectivity index (χ0v) is 13.2. The van der Waals surface area contributed by atoms with Crippen molar-refractivity contribution < 1.29 is 4.42 Å². The minimum atomic E-state index is 0.476. The van der Waals surface area contributed by atoms with Gasteiger partial charge in [-0.3, -0.25) is 4.90 Å². The van der Waals surface area contributed by atoms with Gasteiger partial charge < -0.3 is 10.2 Å². The van der Waals surface area contributed by atoms with Crippen LogP contribution in [0.5, 0.6) is 0 Å². The van der Waals surface area contributed by atoms with Crippen LogP contribution in [0.1, 0.15) is 44.4 Å². The van der Waals surface area contributed by atoms with Crippen molar-refractivity contribution in [2.24, 2.45) is 11.1 Å². The van der Waals surface area contributed by atoms with Crippen molar-refractivity contribution in [2.75, 3.05) is 13.1 Å². The zero-order chi connectivity index (χ0) is 14.9. The van der Waals surface area contributed by atoms with E-state index in [9.17, 15) is 0 Å².